The van der Waals surface area contributed by atoms with Gasteiger partial charge in [-0.25, -0.2) is 0 Å². The largest absolute Gasteiger partial charge is 0.493 e. The van der Waals surface area contributed by atoms with Gasteiger partial charge in [0.15, 0.2) is 11.5 Å². The molecular weight excluding hydrogens is 278 g/mol. The summed E-state index contributed by atoms with van der Waals surface area (Å²) in [5, 5.41) is 13.2. The molecule has 1 atom stereocenters. The standard InChI is InChI=1S/C15H22ClNO3/c1-10(8-18)9-20-15-11(7-17-13-3-4-13)5-12(16)6-14(15)19-2/h5-6,10,13,17-18H,3-4,7-9H2,1-2H3. The molecule has 0 saturated heterocycles. The van der Waals surface area contributed by atoms with Crippen LogP contribution in [0.25, 0.3) is 0 Å². The molecule has 2 rings (SSSR count). The molecule has 1 aliphatic rings. The second-order valence-electron chi connectivity index (χ2n) is 5.35. The van der Waals surface area contributed by atoms with Gasteiger partial charge in [-0.05, 0) is 18.9 Å². The Morgan fingerprint density at radius 2 is 2.20 bits per heavy atom. The molecule has 1 aliphatic carbocycles. The summed E-state index contributed by atoms with van der Waals surface area (Å²) in [6, 6.07) is 4.27. The molecule has 2 N–H and O–H groups in total. The third-order valence-electron chi connectivity index (χ3n) is 3.30. The molecule has 1 aromatic carbocycles. The van der Waals surface area contributed by atoms with Crippen molar-refractivity contribution in [2.75, 3.05) is 20.3 Å². The van der Waals surface area contributed by atoms with Crippen LogP contribution in [-0.4, -0.2) is 31.5 Å². The van der Waals surface area contributed by atoms with Crippen LogP contribution in [0.3, 0.4) is 0 Å². The Hall–Kier alpha value is -0.970. The third kappa shape index (κ3) is 4.27. The van der Waals surface area contributed by atoms with E-state index in [2.05, 4.69) is 5.32 Å². The lowest BCUT2D eigenvalue weighted by Crippen LogP contribution is -2.18. The van der Waals surface area contributed by atoms with E-state index in [-0.39, 0.29) is 12.5 Å². The van der Waals surface area contributed by atoms with Crippen molar-refractivity contribution in [2.45, 2.75) is 32.4 Å². The Bertz CT molecular complexity index is 449. The summed E-state index contributed by atoms with van der Waals surface area (Å²) in [6.45, 7) is 3.20. The van der Waals surface area contributed by atoms with Gasteiger partial charge in [-0.3, -0.25) is 0 Å². The van der Waals surface area contributed by atoms with Gasteiger partial charge in [-0.1, -0.05) is 18.5 Å². The molecule has 0 radical (unpaired) electrons. The smallest absolute Gasteiger partial charge is 0.165 e. The summed E-state index contributed by atoms with van der Waals surface area (Å²) >= 11 is 6.12. The van der Waals surface area contributed by atoms with Gasteiger partial charge in [-0.2, -0.15) is 0 Å². The zero-order chi connectivity index (χ0) is 14.5. The van der Waals surface area contributed by atoms with E-state index in [1.54, 1.807) is 13.2 Å². The number of hydrogen-bond donors (Lipinski definition) is 2. The molecule has 0 aliphatic heterocycles. The molecule has 1 saturated carbocycles. The second kappa shape index (κ2) is 7.16. The number of aliphatic hydroxyl groups excluding tert-OH is 1. The van der Waals surface area contributed by atoms with Crippen molar-refractivity contribution in [1.29, 1.82) is 0 Å². The molecule has 0 heterocycles. The van der Waals surface area contributed by atoms with E-state index in [1.165, 1.54) is 12.8 Å². The third-order valence-corrected chi connectivity index (χ3v) is 3.52. The van der Waals surface area contributed by atoms with Crippen molar-refractivity contribution < 1.29 is 14.6 Å². The Labute approximate surface area is 125 Å². The molecule has 4 nitrogen and oxygen atoms in total. The van der Waals surface area contributed by atoms with Gasteiger partial charge in [0.05, 0.1) is 13.7 Å². The van der Waals surface area contributed by atoms with Gasteiger partial charge in [0.1, 0.15) is 0 Å². The van der Waals surface area contributed by atoms with Crippen LogP contribution in [0.15, 0.2) is 12.1 Å². The van der Waals surface area contributed by atoms with Crippen LogP contribution in [0.2, 0.25) is 5.02 Å². The zero-order valence-corrected chi connectivity index (χ0v) is 12.7. The number of ether oxygens (including phenoxy) is 2. The minimum Gasteiger partial charge on any atom is -0.493 e. The van der Waals surface area contributed by atoms with Crippen molar-refractivity contribution in [1.82, 2.24) is 5.32 Å². The van der Waals surface area contributed by atoms with Crippen molar-refractivity contribution in [3.63, 3.8) is 0 Å². The summed E-state index contributed by atoms with van der Waals surface area (Å²) in [5.74, 6) is 1.43. The van der Waals surface area contributed by atoms with Gasteiger partial charge < -0.3 is 19.9 Å². The Balaban J connectivity index is 2.14. The molecule has 0 spiro atoms. The number of rotatable bonds is 8. The highest BCUT2D eigenvalue weighted by Gasteiger charge is 2.22. The van der Waals surface area contributed by atoms with Crippen LogP contribution in [0.1, 0.15) is 25.3 Å². The Kier molecular flexibility index (Phi) is 5.52. The Morgan fingerprint density at radius 3 is 2.80 bits per heavy atom. The van der Waals surface area contributed by atoms with Crippen LogP contribution in [0.4, 0.5) is 0 Å². The predicted molar refractivity (Wildman–Crippen MR) is 79.6 cm³/mol. The maximum Gasteiger partial charge on any atom is 0.165 e. The predicted octanol–water partition coefficient (Wildman–Crippen LogP) is 2.61. The summed E-state index contributed by atoms with van der Waals surface area (Å²) < 4.78 is 11.2. The SMILES string of the molecule is COc1cc(Cl)cc(CNC2CC2)c1OCC(C)CO. The fraction of sp³-hybridized carbons (Fsp3) is 0.600. The number of benzene rings is 1. The lowest BCUT2D eigenvalue weighted by molar-refractivity contribution is 0.170. The molecule has 5 heteroatoms. The molecule has 112 valence electrons. The van der Waals surface area contributed by atoms with E-state index < -0.39 is 0 Å². The number of methoxy groups -OCH3 is 1. The van der Waals surface area contributed by atoms with E-state index in [0.29, 0.717) is 35.7 Å². The monoisotopic (exact) mass is 299 g/mol. The van der Waals surface area contributed by atoms with Crippen LogP contribution in [0, 0.1) is 5.92 Å². The van der Waals surface area contributed by atoms with Gasteiger partial charge in [0.2, 0.25) is 0 Å². The van der Waals surface area contributed by atoms with Gasteiger partial charge in [-0.15, -0.1) is 0 Å². The topological polar surface area (TPSA) is 50.7 Å². The van der Waals surface area contributed by atoms with Crippen molar-refractivity contribution in [2.24, 2.45) is 5.92 Å². The van der Waals surface area contributed by atoms with Crippen LogP contribution in [0.5, 0.6) is 11.5 Å². The first-order chi connectivity index (χ1) is 9.63. The highest BCUT2D eigenvalue weighted by atomic mass is 35.5. The molecule has 0 bridgehead atoms. The number of hydrogen-bond acceptors (Lipinski definition) is 4. The number of halogens is 1. The average molecular weight is 300 g/mol. The first-order valence-electron chi connectivity index (χ1n) is 6.97. The highest BCUT2D eigenvalue weighted by molar-refractivity contribution is 6.30. The van der Waals surface area contributed by atoms with E-state index in [4.69, 9.17) is 26.2 Å². The van der Waals surface area contributed by atoms with Gasteiger partial charge in [0, 0.05) is 41.8 Å². The fourth-order valence-corrected chi connectivity index (χ4v) is 2.12. The number of aliphatic hydroxyl groups is 1. The van der Waals surface area contributed by atoms with Crippen LogP contribution in [-0.2, 0) is 6.54 Å². The van der Waals surface area contributed by atoms with Crippen molar-refractivity contribution >= 4 is 11.6 Å². The summed E-state index contributed by atoms with van der Waals surface area (Å²) in [4.78, 5) is 0. The molecule has 0 aromatic heterocycles. The fourth-order valence-electron chi connectivity index (χ4n) is 1.89. The van der Waals surface area contributed by atoms with Gasteiger partial charge >= 0.3 is 0 Å². The maximum absolute atomic E-state index is 9.09. The van der Waals surface area contributed by atoms with E-state index in [9.17, 15) is 0 Å². The molecular formula is C15H22ClNO3. The minimum absolute atomic E-state index is 0.0830. The molecule has 1 aromatic rings. The highest BCUT2D eigenvalue weighted by Crippen LogP contribution is 2.35. The minimum atomic E-state index is 0.0830. The lowest BCUT2D eigenvalue weighted by Gasteiger charge is -2.18. The molecule has 20 heavy (non-hydrogen) atoms. The second-order valence-corrected chi connectivity index (χ2v) is 5.79. The summed E-state index contributed by atoms with van der Waals surface area (Å²) in [5.41, 5.74) is 0.992. The van der Waals surface area contributed by atoms with Gasteiger partial charge in [0.25, 0.3) is 0 Å². The summed E-state index contributed by atoms with van der Waals surface area (Å²) in [6.07, 6.45) is 2.46. The summed E-state index contributed by atoms with van der Waals surface area (Å²) in [7, 11) is 1.60. The normalized spacial score (nSPS) is 16.0. The molecule has 0 amide bonds. The first kappa shape index (κ1) is 15.4. The number of nitrogens with one attached hydrogen (secondary N) is 1. The lowest BCUT2D eigenvalue weighted by atomic mass is 10.1. The van der Waals surface area contributed by atoms with E-state index >= 15 is 0 Å². The van der Waals surface area contributed by atoms with Crippen molar-refractivity contribution in [3.8, 4) is 11.5 Å². The molecule has 1 fully saturated rings. The average Bonchev–Trinajstić information content (AvgIpc) is 3.26. The van der Waals surface area contributed by atoms with E-state index in [0.717, 1.165) is 5.56 Å². The zero-order valence-electron chi connectivity index (χ0n) is 12.0. The van der Waals surface area contributed by atoms with Crippen molar-refractivity contribution in [3.05, 3.63) is 22.7 Å². The van der Waals surface area contributed by atoms with E-state index in [1.807, 2.05) is 13.0 Å². The maximum atomic E-state index is 9.09. The quantitative estimate of drug-likeness (QED) is 0.775. The Morgan fingerprint density at radius 1 is 1.45 bits per heavy atom. The molecule has 1 unspecified atom stereocenters. The van der Waals surface area contributed by atoms with Crippen LogP contribution < -0.4 is 14.8 Å². The van der Waals surface area contributed by atoms with Crippen LogP contribution >= 0.6 is 11.6 Å². The first-order valence-corrected chi connectivity index (χ1v) is 7.35.